The van der Waals surface area contributed by atoms with E-state index in [0.29, 0.717) is 6.54 Å². The monoisotopic (exact) mass is 289 g/mol. The van der Waals surface area contributed by atoms with E-state index in [9.17, 15) is 9.50 Å². The molecule has 0 bridgehead atoms. The number of methoxy groups -OCH3 is 1. The van der Waals surface area contributed by atoms with Crippen LogP contribution >= 0.6 is 0 Å². The Morgan fingerprint density at radius 2 is 1.71 bits per heavy atom. The lowest BCUT2D eigenvalue weighted by molar-refractivity contribution is 0.183. The van der Waals surface area contributed by atoms with Crippen LogP contribution in [0.5, 0.6) is 5.75 Å². The smallest absolute Gasteiger partial charge is 0.123 e. The molecule has 2 aromatic carbocycles. The van der Waals surface area contributed by atoms with E-state index < -0.39 is 6.10 Å². The third-order valence-corrected chi connectivity index (χ3v) is 3.47. The van der Waals surface area contributed by atoms with Gasteiger partial charge in [-0.2, -0.15) is 0 Å². The number of hydrogen-bond donors (Lipinski definition) is 1. The molecule has 0 aliphatic carbocycles. The van der Waals surface area contributed by atoms with Gasteiger partial charge in [0.25, 0.3) is 0 Å². The lowest BCUT2D eigenvalue weighted by Gasteiger charge is -2.26. The Hall–Kier alpha value is -2.07. The van der Waals surface area contributed by atoms with Gasteiger partial charge in [-0.3, -0.25) is 0 Å². The highest BCUT2D eigenvalue weighted by atomic mass is 19.1. The normalized spacial score (nSPS) is 12.0. The van der Waals surface area contributed by atoms with Gasteiger partial charge in [0.1, 0.15) is 11.6 Å². The summed E-state index contributed by atoms with van der Waals surface area (Å²) in [6.07, 6.45) is -0.610. The highest BCUT2D eigenvalue weighted by Crippen LogP contribution is 2.22. The van der Waals surface area contributed by atoms with E-state index in [1.807, 2.05) is 36.1 Å². The molecular weight excluding hydrogens is 269 g/mol. The molecule has 1 unspecified atom stereocenters. The molecule has 1 N–H and O–H groups in total. The average Bonchev–Trinajstić information content (AvgIpc) is 2.53. The summed E-state index contributed by atoms with van der Waals surface area (Å²) in [4.78, 5) is 2.01. The van der Waals surface area contributed by atoms with Gasteiger partial charge in [0.2, 0.25) is 0 Å². The van der Waals surface area contributed by atoms with Crippen molar-refractivity contribution in [3.05, 3.63) is 59.9 Å². The van der Waals surface area contributed by atoms with Crippen molar-refractivity contribution in [1.29, 1.82) is 0 Å². The summed E-state index contributed by atoms with van der Waals surface area (Å²) < 4.78 is 18.1. The van der Waals surface area contributed by atoms with Crippen molar-refractivity contribution in [3.8, 4) is 5.75 Å². The molecule has 112 valence electrons. The summed E-state index contributed by atoms with van der Waals surface area (Å²) in [5.41, 5.74) is 1.72. The highest BCUT2D eigenvalue weighted by Gasteiger charge is 2.13. The molecule has 0 fully saturated rings. The molecule has 0 radical (unpaired) electrons. The minimum absolute atomic E-state index is 0.259. The first-order valence-electron chi connectivity index (χ1n) is 6.96. The molecular formula is C17H20FNO2. The van der Waals surface area contributed by atoms with Gasteiger partial charge in [-0.1, -0.05) is 12.1 Å². The van der Waals surface area contributed by atoms with E-state index in [2.05, 4.69) is 0 Å². The number of aliphatic hydroxyl groups is 1. The average molecular weight is 289 g/mol. The summed E-state index contributed by atoms with van der Waals surface area (Å²) in [6, 6.07) is 13.7. The first kappa shape index (κ1) is 15.3. The maximum atomic E-state index is 13.0. The standard InChI is InChI=1S/C17H20FNO2/c1-3-19(15-8-6-14(18)7-9-15)12-17(20)13-4-10-16(21-2)11-5-13/h4-11,17,20H,3,12H2,1-2H3. The zero-order chi connectivity index (χ0) is 15.2. The molecule has 21 heavy (non-hydrogen) atoms. The van der Waals surface area contributed by atoms with Crippen LogP contribution in [0.2, 0.25) is 0 Å². The summed E-state index contributed by atoms with van der Waals surface area (Å²) in [5.74, 6) is 0.502. The van der Waals surface area contributed by atoms with Crippen LogP contribution in [-0.4, -0.2) is 25.3 Å². The Labute approximate surface area is 124 Å². The minimum Gasteiger partial charge on any atom is -0.497 e. The second-order valence-corrected chi connectivity index (χ2v) is 4.80. The third kappa shape index (κ3) is 3.95. The van der Waals surface area contributed by atoms with Gasteiger partial charge in [0.15, 0.2) is 0 Å². The van der Waals surface area contributed by atoms with Crippen molar-refractivity contribution in [2.75, 3.05) is 25.1 Å². The Bertz CT molecular complexity index is 554. The summed E-state index contributed by atoms with van der Waals surface area (Å²) in [7, 11) is 1.61. The predicted octanol–water partition coefficient (Wildman–Crippen LogP) is 3.39. The molecule has 0 aliphatic heterocycles. The maximum absolute atomic E-state index is 13.0. The van der Waals surface area contributed by atoms with Crippen LogP contribution in [0.15, 0.2) is 48.5 Å². The fraction of sp³-hybridized carbons (Fsp3) is 0.294. The Morgan fingerprint density at radius 3 is 2.24 bits per heavy atom. The SMILES string of the molecule is CCN(CC(O)c1ccc(OC)cc1)c1ccc(F)cc1. The Morgan fingerprint density at radius 1 is 1.10 bits per heavy atom. The topological polar surface area (TPSA) is 32.7 Å². The fourth-order valence-corrected chi connectivity index (χ4v) is 2.21. The largest absolute Gasteiger partial charge is 0.497 e. The van der Waals surface area contributed by atoms with Crippen LogP contribution in [0.1, 0.15) is 18.6 Å². The van der Waals surface area contributed by atoms with Crippen LogP contribution in [0, 0.1) is 5.82 Å². The van der Waals surface area contributed by atoms with E-state index >= 15 is 0 Å². The number of ether oxygens (including phenoxy) is 1. The lowest BCUT2D eigenvalue weighted by atomic mass is 10.1. The van der Waals surface area contributed by atoms with Gasteiger partial charge in [-0.05, 0) is 48.9 Å². The first-order chi connectivity index (χ1) is 10.1. The number of hydrogen-bond acceptors (Lipinski definition) is 3. The van der Waals surface area contributed by atoms with E-state index in [1.54, 1.807) is 19.2 Å². The van der Waals surface area contributed by atoms with Gasteiger partial charge in [-0.15, -0.1) is 0 Å². The van der Waals surface area contributed by atoms with E-state index in [0.717, 1.165) is 23.5 Å². The molecule has 0 heterocycles. The van der Waals surface area contributed by atoms with Gasteiger partial charge >= 0.3 is 0 Å². The number of halogens is 1. The summed E-state index contributed by atoms with van der Waals surface area (Å²) in [5, 5.41) is 10.3. The highest BCUT2D eigenvalue weighted by molar-refractivity contribution is 5.46. The molecule has 2 aromatic rings. The molecule has 0 aromatic heterocycles. The van der Waals surface area contributed by atoms with E-state index in [1.165, 1.54) is 12.1 Å². The molecule has 0 saturated heterocycles. The number of nitrogens with zero attached hydrogens (tertiary/aromatic N) is 1. The second kappa shape index (κ2) is 7.09. The van der Waals surface area contributed by atoms with Crippen LogP contribution in [0.3, 0.4) is 0 Å². The van der Waals surface area contributed by atoms with Crippen LogP contribution < -0.4 is 9.64 Å². The zero-order valence-corrected chi connectivity index (χ0v) is 12.3. The number of likely N-dealkylation sites (N-methyl/N-ethyl adjacent to an activating group) is 1. The first-order valence-corrected chi connectivity index (χ1v) is 6.96. The molecule has 0 saturated carbocycles. The van der Waals surface area contributed by atoms with Crippen LogP contribution in [0.4, 0.5) is 10.1 Å². The van der Waals surface area contributed by atoms with Crippen molar-refractivity contribution in [1.82, 2.24) is 0 Å². The van der Waals surface area contributed by atoms with Crippen LogP contribution in [0.25, 0.3) is 0 Å². The molecule has 0 aliphatic rings. The Balaban J connectivity index is 2.08. The van der Waals surface area contributed by atoms with Crippen molar-refractivity contribution < 1.29 is 14.2 Å². The van der Waals surface area contributed by atoms with Crippen molar-refractivity contribution in [2.24, 2.45) is 0 Å². The molecule has 4 heteroatoms. The second-order valence-electron chi connectivity index (χ2n) is 4.80. The summed E-state index contributed by atoms with van der Waals surface area (Å²) in [6.45, 7) is 3.19. The molecule has 0 spiro atoms. The maximum Gasteiger partial charge on any atom is 0.123 e. The van der Waals surface area contributed by atoms with E-state index in [4.69, 9.17) is 4.74 Å². The van der Waals surface area contributed by atoms with E-state index in [-0.39, 0.29) is 5.82 Å². The molecule has 0 amide bonds. The minimum atomic E-state index is -0.610. The molecule has 1 atom stereocenters. The number of rotatable bonds is 6. The van der Waals surface area contributed by atoms with Gasteiger partial charge < -0.3 is 14.7 Å². The Kier molecular flexibility index (Phi) is 5.17. The quantitative estimate of drug-likeness (QED) is 0.884. The lowest BCUT2D eigenvalue weighted by Crippen LogP contribution is -2.28. The predicted molar refractivity (Wildman–Crippen MR) is 82.2 cm³/mol. The van der Waals surface area contributed by atoms with Gasteiger partial charge in [-0.25, -0.2) is 4.39 Å². The van der Waals surface area contributed by atoms with Crippen molar-refractivity contribution in [3.63, 3.8) is 0 Å². The van der Waals surface area contributed by atoms with Gasteiger partial charge in [0.05, 0.1) is 13.2 Å². The van der Waals surface area contributed by atoms with Crippen LogP contribution in [-0.2, 0) is 0 Å². The number of benzene rings is 2. The van der Waals surface area contributed by atoms with Crippen molar-refractivity contribution >= 4 is 5.69 Å². The fourth-order valence-electron chi connectivity index (χ4n) is 2.21. The molecule has 3 nitrogen and oxygen atoms in total. The number of anilines is 1. The molecule has 2 rings (SSSR count). The zero-order valence-electron chi connectivity index (χ0n) is 12.3. The third-order valence-electron chi connectivity index (χ3n) is 3.47. The number of aliphatic hydroxyl groups excluding tert-OH is 1. The summed E-state index contributed by atoms with van der Waals surface area (Å²) >= 11 is 0. The van der Waals surface area contributed by atoms with Crippen molar-refractivity contribution in [2.45, 2.75) is 13.0 Å². The van der Waals surface area contributed by atoms with Gasteiger partial charge in [0, 0.05) is 18.8 Å².